The van der Waals surface area contributed by atoms with Crippen LogP contribution in [0.25, 0.3) is 10.8 Å². The van der Waals surface area contributed by atoms with Crippen molar-refractivity contribution in [3.8, 4) is 0 Å². The monoisotopic (exact) mass is 248 g/mol. The fraction of sp³-hybridized carbons (Fsp3) is 0.0769. The number of benzene rings is 2. The van der Waals surface area contributed by atoms with Gasteiger partial charge < -0.3 is 15.3 Å². The van der Waals surface area contributed by atoms with Crippen LogP contribution in [0.1, 0.15) is 20.7 Å². The lowest BCUT2D eigenvalue weighted by molar-refractivity contribution is 0.0686. The molecule has 0 aliphatic heterocycles. The van der Waals surface area contributed by atoms with Crippen molar-refractivity contribution < 1.29 is 24.9 Å². The lowest BCUT2D eigenvalue weighted by Crippen LogP contribution is -1.97. The van der Waals surface area contributed by atoms with Gasteiger partial charge in [-0.05, 0) is 35.0 Å². The molecule has 0 saturated carbocycles. The van der Waals surface area contributed by atoms with Crippen molar-refractivity contribution in [2.24, 2.45) is 0 Å². The van der Waals surface area contributed by atoms with Gasteiger partial charge in [0, 0.05) is 7.11 Å². The Morgan fingerprint density at radius 3 is 1.39 bits per heavy atom. The molecule has 0 fully saturated rings. The minimum Gasteiger partial charge on any atom is -0.478 e. The zero-order valence-electron chi connectivity index (χ0n) is 9.62. The van der Waals surface area contributed by atoms with Crippen molar-refractivity contribution in [1.29, 1.82) is 0 Å². The van der Waals surface area contributed by atoms with Crippen LogP contribution in [0, 0.1) is 0 Å². The number of carboxylic acids is 2. The highest BCUT2D eigenvalue weighted by atomic mass is 16.4. The van der Waals surface area contributed by atoms with E-state index in [2.05, 4.69) is 0 Å². The predicted molar refractivity (Wildman–Crippen MR) is 66.0 cm³/mol. The molecular weight excluding hydrogens is 236 g/mol. The summed E-state index contributed by atoms with van der Waals surface area (Å²) in [5.74, 6) is -1.99. The van der Waals surface area contributed by atoms with Crippen LogP contribution in [0.15, 0.2) is 36.4 Å². The molecule has 0 bridgehead atoms. The lowest BCUT2D eigenvalue weighted by Gasteiger charge is -2.01. The number of carbonyl (C=O) groups is 2. The molecular formula is C13H12O5. The smallest absolute Gasteiger partial charge is 0.335 e. The van der Waals surface area contributed by atoms with Crippen molar-refractivity contribution in [3.63, 3.8) is 0 Å². The van der Waals surface area contributed by atoms with Crippen LogP contribution in [0.5, 0.6) is 0 Å². The van der Waals surface area contributed by atoms with E-state index in [1.54, 1.807) is 12.1 Å². The van der Waals surface area contributed by atoms with Gasteiger partial charge in [0.05, 0.1) is 11.1 Å². The highest BCUT2D eigenvalue weighted by Crippen LogP contribution is 2.18. The number of aliphatic hydroxyl groups excluding tert-OH is 1. The maximum atomic E-state index is 10.7. The number of fused-ring (bicyclic) bond motifs is 1. The number of hydrogen-bond donors (Lipinski definition) is 3. The van der Waals surface area contributed by atoms with E-state index < -0.39 is 11.9 Å². The molecule has 0 heterocycles. The van der Waals surface area contributed by atoms with Gasteiger partial charge in [-0.15, -0.1) is 0 Å². The Bertz CT molecular complexity index is 536. The normalized spacial score (nSPS) is 9.44. The maximum Gasteiger partial charge on any atom is 0.335 e. The SMILES string of the molecule is CO.O=C(O)c1ccc2cc(C(=O)O)ccc2c1. The predicted octanol–water partition coefficient (Wildman–Crippen LogP) is 1.84. The quantitative estimate of drug-likeness (QED) is 0.753. The average Bonchev–Trinajstić information content (AvgIpc) is 2.39. The van der Waals surface area contributed by atoms with Crippen LogP contribution < -0.4 is 0 Å². The molecule has 2 aromatic rings. The summed E-state index contributed by atoms with van der Waals surface area (Å²) in [6.45, 7) is 0. The topological polar surface area (TPSA) is 94.8 Å². The van der Waals surface area contributed by atoms with E-state index in [1.807, 2.05) is 0 Å². The van der Waals surface area contributed by atoms with Gasteiger partial charge in [0.25, 0.3) is 0 Å². The minimum atomic E-state index is -0.996. The summed E-state index contributed by atoms with van der Waals surface area (Å²) in [4.78, 5) is 21.5. The second-order valence-corrected chi connectivity index (χ2v) is 3.39. The van der Waals surface area contributed by atoms with Crippen LogP contribution in [-0.2, 0) is 0 Å². The Morgan fingerprint density at radius 1 is 0.778 bits per heavy atom. The van der Waals surface area contributed by atoms with Crippen molar-refractivity contribution in [3.05, 3.63) is 47.5 Å². The Morgan fingerprint density at radius 2 is 1.11 bits per heavy atom. The summed E-state index contributed by atoms with van der Waals surface area (Å²) in [7, 11) is 1.00. The molecule has 0 amide bonds. The van der Waals surface area contributed by atoms with Gasteiger partial charge in [0.2, 0.25) is 0 Å². The first-order valence-electron chi connectivity index (χ1n) is 5.03. The zero-order chi connectivity index (χ0) is 13.7. The average molecular weight is 248 g/mol. The third-order valence-electron chi connectivity index (χ3n) is 2.33. The molecule has 5 nitrogen and oxygen atoms in total. The van der Waals surface area contributed by atoms with Crippen molar-refractivity contribution in [1.82, 2.24) is 0 Å². The summed E-state index contributed by atoms with van der Waals surface area (Å²) in [5, 5.41) is 26.0. The second kappa shape index (κ2) is 5.79. The Kier molecular flexibility index (Phi) is 4.39. The number of carboxylic acid groups (broad SMARTS) is 2. The second-order valence-electron chi connectivity index (χ2n) is 3.39. The standard InChI is InChI=1S/C12H8O4.CH4O/c13-11(14)9-3-1-7-5-10(12(15)16)4-2-8(7)6-9;1-2/h1-6H,(H,13,14)(H,15,16);2H,1H3. The van der Waals surface area contributed by atoms with Gasteiger partial charge in [-0.1, -0.05) is 12.1 Å². The molecule has 94 valence electrons. The van der Waals surface area contributed by atoms with Gasteiger partial charge in [0.1, 0.15) is 0 Å². The molecule has 0 atom stereocenters. The molecule has 0 aliphatic rings. The van der Waals surface area contributed by atoms with E-state index in [0.717, 1.165) is 7.11 Å². The Balaban J connectivity index is 0.000000771. The Hall–Kier alpha value is -2.40. The summed E-state index contributed by atoms with van der Waals surface area (Å²) < 4.78 is 0. The molecule has 3 N–H and O–H groups in total. The fourth-order valence-electron chi connectivity index (χ4n) is 1.51. The van der Waals surface area contributed by atoms with Gasteiger partial charge in [-0.2, -0.15) is 0 Å². The number of rotatable bonds is 2. The molecule has 0 aliphatic carbocycles. The fourth-order valence-corrected chi connectivity index (χ4v) is 1.51. The number of hydrogen-bond acceptors (Lipinski definition) is 3. The molecule has 2 rings (SSSR count). The van der Waals surface area contributed by atoms with Gasteiger partial charge in [0.15, 0.2) is 0 Å². The maximum absolute atomic E-state index is 10.7. The first-order chi connectivity index (χ1) is 8.58. The first kappa shape index (κ1) is 13.7. The highest BCUT2D eigenvalue weighted by Gasteiger charge is 2.06. The third-order valence-corrected chi connectivity index (χ3v) is 2.33. The largest absolute Gasteiger partial charge is 0.478 e. The van der Waals surface area contributed by atoms with Crippen LogP contribution in [0.2, 0.25) is 0 Å². The van der Waals surface area contributed by atoms with Gasteiger partial charge >= 0.3 is 11.9 Å². The van der Waals surface area contributed by atoms with E-state index in [1.165, 1.54) is 24.3 Å². The van der Waals surface area contributed by atoms with Crippen LogP contribution in [-0.4, -0.2) is 34.4 Å². The van der Waals surface area contributed by atoms with E-state index in [4.69, 9.17) is 15.3 Å². The van der Waals surface area contributed by atoms with E-state index in [0.29, 0.717) is 10.8 Å². The van der Waals surface area contributed by atoms with E-state index >= 15 is 0 Å². The number of aromatic carboxylic acids is 2. The van der Waals surface area contributed by atoms with Crippen LogP contribution >= 0.6 is 0 Å². The third kappa shape index (κ3) is 2.83. The van der Waals surface area contributed by atoms with Crippen molar-refractivity contribution in [2.75, 3.05) is 7.11 Å². The summed E-state index contributed by atoms with van der Waals surface area (Å²) in [5.41, 5.74) is 0.381. The summed E-state index contributed by atoms with van der Waals surface area (Å²) >= 11 is 0. The van der Waals surface area contributed by atoms with Crippen LogP contribution in [0.4, 0.5) is 0 Å². The molecule has 0 radical (unpaired) electrons. The van der Waals surface area contributed by atoms with Crippen molar-refractivity contribution >= 4 is 22.7 Å². The van der Waals surface area contributed by atoms with E-state index in [9.17, 15) is 9.59 Å². The first-order valence-corrected chi connectivity index (χ1v) is 5.03. The Labute approximate surface area is 103 Å². The molecule has 0 unspecified atom stereocenters. The van der Waals surface area contributed by atoms with Gasteiger partial charge in [-0.25, -0.2) is 9.59 Å². The molecule has 0 aromatic heterocycles. The highest BCUT2D eigenvalue weighted by molar-refractivity contribution is 5.97. The molecule has 0 spiro atoms. The number of aliphatic hydroxyl groups is 1. The minimum absolute atomic E-state index is 0.190. The molecule has 0 saturated heterocycles. The van der Waals surface area contributed by atoms with E-state index in [-0.39, 0.29) is 11.1 Å². The molecule has 2 aromatic carbocycles. The van der Waals surface area contributed by atoms with Crippen molar-refractivity contribution in [2.45, 2.75) is 0 Å². The zero-order valence-corrected chi connectivity index (χ0v) is 9.62. The molecule has 5 heteroatoms. The lowest BCUT2D eigenvalue weighted by atomic mass is 10.0. The van der Waals surface area contributed by atoms with Gasteiger partial charge in [-0.3, -0.25) is 0 Å². The molecule has 18 heavy (non-hydrogen) atoms. The summed E-state index contributed by atoms with van der Waals surface area (Å²) in [6, 6.07) is 9.15. The summed E-state index contributed by atoms with van der Waals surface area (Å²) in [6.07, 6.45) is 0. The van der Waals surface area contributed by atoms with Crippen LogP contribution in [0.3, 0.4) is 0 Å².